The maximum atomic E-state index is 9.32. The third-order valence-corrected chi connectivity index (χ3v) is 5.28. The van der Waals surface area contributed by atoms with Crippen molar-refractivity contribution in [2.24, 2.45) is 29.1 Å². The monoisotopic (exact) mass is 214 g/mol. The van der Waals surface area contributed by atoms with Crippen LogP contribution in [-0.4, -0.2) is 0 Å². The molecule has 0 amide bonds. The molecule has 0 aromatic heterocycles. The van der Waals surface area contributed by atoms with Gasteiger partial charge in [0.1, 0.15) is 0 Å². The van der Waals surface area contributed by atoms with Crippen LogP contribution in [-0.2, 0) is 0 Å². The van der Waals surface area contributed by atoms with E-state index in [0.717, 1.165) is 17.8 Å². The molecule has 0 saturated heterocycles. The Bertz CT molecular complexity index is 336. The van der Waals surface area contributed by atoms with Gasteiger partial charge in [0, 0.05) is 0 Å². The van der Waals surface area contributed by atoms with E-state index in [4.69, 9.17) is 5.26 Å². The molecule has 0 heterocycles. The van der Waals surface area contributed by atoms with E-state index in [-0.39, 0.29) is 11.3 Å². The maximum absolute atomic E-state index is 9.32. The van der Waals surface area contributed by atoms with Crippen molar-refractivity contribution in [3.63, 3.8) is 0 Å². The average molecular weight is 214 g/mol. The SMILES string of the molecule is N#CCC(C#N)C12CC3CC(CC(C3)C1)C2. The predicted molar refractivity (Wildman–Crippen MR) is 59.9 cm³/mol. The lowest BCUT2D eigenvalue weighted by atomic mass is 9.46. The van der Waals surface area contributed by atoms with Gasteiger partial charge in [-0.3, -0.25) is 0 Å². The molecule has 1 atom stereocenters. The van der Waals surface area contributed by atoms with Crippen LogP contribution in [0.2, 0.25) is 0 Å². The quantitative estimate of drug-likeness (QED) is 0.708. The summed E-state index contributed by atoms with van der Waals surface area (Å²) in [6.45, 7) is 0. The molecular formula is C14H18N2. The molecule has 0 aliphatic heterocycles. The Morgan fingerprint density at radius 1 is 1.00 bits per heavy atom. The summed E-state index contributed by atoms with van der Waals surface area (Å²) in [6, 6.07) is 4.66. The van der Waals surface area contributed by atoms with E-state index in [1.165, 1.54) is 38.5 Å². The first-order valence-corrected chi connectivity index (χ1v) is 6.52. The Kier molecular flexibility index (Phi) is 2.21. The number of rotatable bonds is 2. The van der Waals surface area contributed by atoms with Crippen LogP contribution in [0.5, 0.6) is 0 Å². The summed E-state index contributed by atoms with van der Waals surface area (Å²) >= 11 is 0. The molecule has 4 bridgehead atoms. The molecule has 4 fully saturated rings. The summed E-state index contributed by atoms with van der Waals surface area (Å²) in [5.41, 5.74) is 0.235. The van der Waals surface area contributed by atoms with Crippen LogP contribution >= 0.6 is 0 Å². The molecule has 4 saturated carbocycles. The number of hydrogen-bond donors (Lipinski definition) is 0. The van der Waals surface area contributed by atoms with E-state index in [1.54, 1.807) is 0 Å². The van der Waals surface area contributed by atoms with Gasteiger partial charge in [-0.2, -0.15) is 10.5 Å². The second-order valence-corrected chi connectivity index (χ2v) is 6.32. The molecule has 4 rings (SSSR count). The van der Waals surface area contributed by atoms with Crippen molar-refractivity contribution in [2.45, 2.75) is 44.9 Å². The van der Waals surface area contributed by atoms with Gasteiger partial charge in [-0.1, -0.05) is 0 Å². The van der Waals surface area contributed by atoms with Gasteiger partial charge >= 0.3 is 0 Å². The first kappa shape index (κ1) is 10.2. The smallest absolute Gasteiger partial charge is 0.0672 e. The third kappa shape index (κ3) is 1.36. The Labute approximate surface area is 97.3 Å². The van der Waals surface area contributed by atoms with Crippen LogP contribution in [0.4, 0.5) is 0 Å². The van der Waals surface area contributed by atoms with Crippen molar-refractivity contribution < 1.29 is 0 Å². The van der Waals surface area contributed by atoms with Crippen molar-refractivity contribution in [3.05, 3.63) is 0 Å². The normalized spacial score (nSPS) is 46.0. The topological polar surface area (TPSA) is 47.6 Å². The lowest BCUT2D eigenvalue weighted by Crippen LogP contribution is -2.49. The molecule has 0 N–H and O–H groups in total. The molecular weight excluding hydrogens is 196 g/mol. The first-order valence-electron chi connectivity index (χ1n) is 6.52. The van der Waals surface area contributed by atoms with Gasteiger partial charge < -0.3 is 0 Å². The largest absolute Gasteiger partial charge is 0.198 e. The van der Waals surface area contributed by atoms with Crippen LogP contribution in [0.25, 0.3) is 0 Å². The maximum Gasteiger partial charge on any atom is 0.0672 e. The highest BCUT2D eigenvalue weighted by Crippen LogP contribution is 2.63. The molecule has 4 aliphatic carbocycles. The minimum absolute atomic E-state index is 0.00546. The molecule has 16 heavy (non-hydrogen) atoms. The highest BCUT2D eigenvalue weighted by Gasteiger charge is 2.54. The fraction of sp³-hybridized carbons (Fsp3) is 0.857. The van der Waals surface area contributed by atoms with Gasteiger partial charge in [-0.25, -0.2) is 0 Å². The Hall–Kier alpha value is -1.02. The summed E-state index contributed by atoms with van der Waals surface area (Å²) < 4.78 is 0. The fourth-order valence-electron chi connectivity index (χ4n) is 5.09. The highest BCUT2D eigenvalue weighted by molar-refractivity contribution is 5.10. The van der Waals surface area contributed by atoms with Gasteiger partial charge in [0.05, 0.1) is 24.5 Å². The first-order chi connectivity index (χ1) is 7.75. The summed E-state index contributed by atoms with van der Waals surface area (Å²) in [7, 11) is 0. The summed E-state index contributed by atoms with van der Waals surface area (Å²) in [4.78, 5) is 0. The standard InChI is InChI=1S/C14H18N2/c15-2-1-13(9-16)14-6-10-3-11(7-14)5-12(4-10)8-14/h10-13H,1,3-8H2. The third-order valence-electron chi connectivity index (χ3n) is 5.28. The Balaban J connectivity index is 1.88. The Morgan fingerprint density at radius 3 is 1.88 bits per heavy atom. The second-order valence-electron chi connectivity index (χ2n) is 6.32. The van der Waals surface area contributed by atoms with E-state index < -0.39 is 0 Å². The van der Waals surface area contributed by atoms with E-state index in [1.807, 2.05) is 0 Å². The molecule has 0 aromatic carbocycles. The highest BCUT2D eigenvalue weighted by atomic mass is 14.6. The van der Waals surface area contributed by atoms with Gasteiger partial charge in [-0.15, -0.1) is 0 Å². The minimum atomic E-state index is 0.00546. The predicted octanol–water partition coefficient (Wildman–Crippen LogP) is 3.26. The molecule has 0 spiro atoms. The zero-order chi connectivity index (χ0) is 11.2. The number of hydrogen-bond acceptors (Lipinski definition) is 2. The van der Waals surface area contributed by atoms with Gasteiger partial charge in [-0.05, 0) is 61.7 Å². The van der Waals surface area contributed by atoms with Crippen molar-refractivity contribution in [1.29, 1.82) is 10.5 Å². The second kappa shape index (κ2) is 3.49. The zero-order valence-corrected chi connectivity index (χ0v) is 9.65. The summed E-state index contributed by atoms with van der Waals surface area (Å²) in [5.74, 6) is 2.63. The fourth-order valence-corrected chi connectivity index (χ4v) is 5.09. The van der Waals surface area contributed by atoms with Crippen molar-refractivity contribution in [2.75, 3.05) is 0 Å². The molecule has 2 heteroatoms. The number of nitriles is 2. The van der Waals surface area contributed by atoms with Crippen LogP contribution in [0.1, 0.15) is 44.9 Å². The molecule has 0 aromatic rings. The van der Waals surface area contributed by atoms with E-state index >= 15 is 0 Å². The van der Waals surface area contributed by atoms with E-state index in [0.29, 0.717) is 6.42 Å². The number of nitrogens with zero attached hydrogens (tertiary/aromatic N) is 2. The van der Waals surface area contributed by atoms with Crippen LogP contribution in [0.15, 0.2) is 0 Å². The molecule has 84 valence electrons. The summed E-state index contributed by atoms with van der Waals surface area (Å²) in [6.07, 6.45) is 8.37. The van der Waals surface area contributed by atoms with E-state index in [9.17, 15) is 5.26 Å². The van der Waals surface area contributed by atoms with Gasteiger partial charge in [0.2, 0.25) is 0 Å². The zero-order valence-electron chi connectivity index (χ0n) is 9.65. The molecule has 2 nitrogen and oxygen atoms in total. The molecule has 0 radical (unpaired) electrons. The molecule has 4 aliphatic rings. The Morgan fingerprint density at radius 2 is 1.50 bits per heavy atom. The van der Waals surface area contributed by atoms with Crippen LogP contribution < -0.4 is 0 Å². The van der Waals surface area contributed by atoms with Gasteiger partial charge in [0.15, 0.2) is 0 Å². The lowest BCUT2D eigenvalue weighted by Gasteiger charge is -2.58. The van der Waals surface area contributed by atoms with Crippen LogP contribution in [0, 0.1) is 51.7 Å². The minimum Gasteiger partial charge on any atom is -0.198 e. The van der Waals surface area contributed by atoms with Crippen LogP contribution in [0.3, 0.4) is 0 Å². The lowest BCUT2D eigenvalue weighted by molar-refractivity contribution is -0.0737. The van der Waals surface area contributed by atoms with Crippen molar-refractivity contribution in [1.82, 2.24) is 0 Å². The summed E-state index contributed by atoms with van der Waals surface area (Å²) in [5, 5.41) is 18.2. The molecule has 1 unspecified atom stereocenters. The van der Waals surface area contributed by atoms with E-state index in [2.05, 4.69) is 12.1 Å². The average Bonchev–Trinajstić information content (AvgIpc) is 2.23. The van der Waals surface area contributed by atoms with Crippen molar-refractivity contribution >= 4 is 0 Å². The van der Waals surface area contributed by atoms with Gasteiger partial charge in [0.25, 0.3) is 0 Å². The van der Waals surface area contributed by atoms with Crippen molar-refractivity contribution in [3.8, 4) is 12.1 Å².